The average molecular weight is 347 g/mol. The fourth-order valence-corrected chi connectivity index (χ4v) is 3.88. The lowest BCUT2D eigenvalue weighted by molar-refractivity contribution is 0.100. The molecule has 26 heavy (non-hydrogen) atoms. The van der Waals surface area contributed by atoms with Crippen LogP contribution in [0.15, 0.2) is 53.7 Å². The predicted octanol–water partition coefficient (Wildman–Crippen LogP) is 3.10. The summed E-state index contributed by atoms with van der Waals surface area (Å²) < 4.78 is 1.90. The molecule has 6 nitrogen and oxygen atoms in total. The summed E-state index contributed by atoms with van der Waals surface area (Å²) in [5, 5.41) is 6.78. The van der Waals surface area contributed by atoms with Crippen molar-refractivity contribution in [3.8, 4) is 5.69 Å². The van der Waals surface area contributed by atoms with Gasteiger partial charge in [-0.1, -0.05) is 49.2 Å². The molecular weight excluding hydrogens is 326 g/mol. The van der Waals surface area contributed by atoms with Gasteiger partial charge >= 0.3 is 0 Å². The van der Waals surface area contributed by atoms with Gasteiger partial charge in [0.2, 0.25) is 0 Å². The van der Waals surface area contributed by atoms with E-state index in [0.717, 1.165) is 47.8 Å². The van der Waals surface area contributed by atoms with Crippen LogP contribution in [0.2, 0.25) is 0 Å². The fraction of sp³-hybridized carbons (Fsp3) is 0.250. The molecule has 1 amide bonds. The minimum Gasteiger partial charge on any atom is -0.370 e. The Morgan fingerprint density at radius 1 is 1.08 bits per heavy atom. The molecule has 0 bridgehead atoms. The van der Waals surface area contributed by atoms with Gasteiger partial charge in [0.05, 0.1) is 23.1 Å². The smallest absolute Gasteiger partial charge is 0.283 e. The Morgan fingerprint density at radius 2 is 1.81 bits per heavy atom. The number of carbonyl (C=O) groups is 1. The molecule has 0 spiro atoms. The minimum atomic E-state index is -0.432. The lowest BCUT2D eigenvalue weighted by atomic mass is 9.99. The maximum atomic E-state index is 12.5. The normalized spacial score (nSPS) is 14.6. The van der Waals surface area contributed by atoms with Crippen LogP contribution in [0.1, 0.15) is 47.7 Å². The number of amides is 1. The Morgan fingerprint density at radius 3 is 2.58 bits per heavy atom. The van der Waals surface area contributed by atoms with Gasteiger partial charge in [0, 0.05) is 11.3 Å². The number of guanidine groups is 1. The van der Waals surface area contributed by atoms with Crippen molar-refractivity contribution in [2.24, 2.45) is 16.5 Å². The van der Waals surface area contributed by atoms with E-state index in [1.807, 2.05) is 28.9 Å². The number of carbonyl (C=O) groups excluding carboxylic acids is 1. The zero-order chi connectivity index (χ0) is 18.1. The van der Waals surface area contributed by atoms with Gasteiger partial charge in [-0.3, -0.25) is 4.79 Å². The summed E-state index contributed by atoms with van der Waals surface area (Å²) >= 11 is 0. The molecule has 0 saturated heterocycles. The third kappa shape index (κ3) is 2.83. The van der Waals surface area contributed by atoms with Crippen molar-refractivity contribution in [3.05, 3.63) is 59.9 Å². The molecule has 1 aliphatic rings. The van der Waals surface area contributed by atoms with Crippen LogP contribution in [0.3, 0.4) is 0 Å². The molecular formula is C20H21N5O. The van der Waals surface area contributed by atoms with E-state index < -0.39 is 5.91 Å². The fourth-order valence-electron chi connectivity index (χ4n) is 3.88. The summed E-state index contributed by atoms with van der Waals surface area (Å²) in [6.07, 6.45) is 5.98. The third-order valence-corrected chi connectivity index (χ3v) is 5.00. The van der Waals surface area contributed by atoms with Gasteiger partial charge in [-0.2, -0.15) is 10.1 Å². The Bertz CT molecular complexity index is 989. The minimum absolute atomic E-state index is 0.231. The van der Waals surface area contributed by atoms with Crippen molar-refractivity contribution in [2.75, 3.05) is 0 Å². The van der Waals surface area contributed by atoms with Crippen LogP contribution in [0, 0.1) is 0 Å². The van der Waals surface area contributed by atoms with Gasteiger partial charge in [0.1, 0.15) is 0 Å². The number of hydrogen-bond donors (Lipinski definition) is 2. The molecule has 4 N–H and O–H groups in total. The number of nitrogens with zero attached hydrogens (tertiary/aromatic N) is 3. The second-order valence-corrected chi connectivity index (χ2v) is 6.68. The molecule has 3 aromatic rings. The van der Waals surface area contributed by atoms with E-state index in [1.54, 1.807) is 6.20 Å². The maximum absolute atomic E-state index is 12.5. The van der Waals surface area contributed by atoms with Crippen LogP contribution in [0.4, 0.5) is 0 Å². The Hall–Kier alpha value is -3.15. The Labute approximate surface area is 151 Å². The number of aromatic nitrogens is 2. The lowest BCUT2D eigenvalue weighted by Gasteiger charge is -2.16. The van der Waals surface area contributed by atoms with E-state index in [0.29, 0.717) is 5.56 Å². The van der Waals surface area contributed by atoms with Crippen LogP contribution >= 0.6 is 0 Å². The first-order chi connectivity index (χ1) is 12.6. The molecule has 2 aromatic carbocycles. The molecule has 1 heterocycles. The Kier molecular flexibility index (Phi) is 4.16. The summed E-state index contributed by atoms with van der Waals surface area (Å²) in [4.78, 5) is 16.3. The van der Waals surface area contributed by atoms with Crippen LogP contribution in [0.5, 0.6) is 0 Å². The first-order valence-corrected chi connectivity index (χ1v) is 8.85. The van der Waals surface area contributed by atoms with E-state index in [4.69, 9.17) is 11.5 Å². The predicted molar refractivity (Wildman–Crippen MR) is 102 cm³/mol. The average Bonchev–Trinajstić information content (AvgIpc) is 3.29. The van der Waals surface area contributed by atoms with E-state index in [-0.39, 0.29) is 11.9 Å². The standard InChI is InChI=1S/C20H21N5O/c21-20(22)24-19(26)16-12-23-25(18(16)14-7-1-2-8-14)17-11-5-9-13-6-3-4-10-15(13)17/h3-6,9-12,14H,1-2,7-8H2,(H4,21,22,24,26). The monoisotopic (exact) mass is 347 g/mol. The van der Waals surface area contributed by atoms with E-state index >= 15 is 0 Å². The van der Waals surface area contributed by atoms with Crippen LogP contribution in [-0.4, -0.2) is 21.6 Å². The number of hydrogen-bond acceptors (Lipinski definition) is 2. The number of nitrogens with two attached hydrogens (primary N) is 2. The number of rotatable bonds is 3. The first-order valence-electron chi connectivity index (χ1n) is 8.85. The van der Waals surface area contributed by atoms with Gasteiger partial charge in [-0.25, -0.2) is 4.68 Å². The second-order valence-electron chi connectivity index (χ2n) is 6.68. The molecule has 0 unspecified atom stereocenters. The molecule has 132 valence electrons. The Balaban J connectivity index is 1.92. The number of benzene rings is 2. The van der Waals surface area contributed by atoms with Crippen molar-refractivity contribution in [1.29, 1.82) is 0 Å². The van der Waals surface area contributed by atoms with Gasteiger partial charge < -0.3 is 11.5 Å². The molecule has 0 aliphatic heterocycles. The van der Waals surface area contributed by atoms with Gasteiger partial charge in [0.25, 0.3) is 5.91 Å². The number of fused-ring (bicyclic) bond motifs is 1. The van der Waals surface area contributed by atoms with E-state index in [9.17, 15) is 4.79 Å². The molecule has 0 radical (unpaired) electrons. The topological polar surface area (TPSA) is 99.3 Å². The highest BCUT2D eigenvalue weighted by Crippen LogP contribution is 2.38. The molecule has 1 fully saturated rings. The summed E-state index contributed by atoms with van der Waals surface area (Å²) in [7, 11) is 0. The lowest BCUT2D eigenvalue weighted by Crippen LogP contribution is -2.24. The van der Waals surface area contributed by atoms with Crippen LogP contribution < -0.4 is 11.5 Å². The second kappa shape index (κ2) is 6.63. The van der Waals surface area contributed by atoms with Crippen molar-refractivity contribution in [3.63, 3.8) is 0 Å². The molecule has 6 heteroatoms. The van der Waals surface area contributed by atoms with E-state index in [1.165, 1.54) is 0 Å². The summed E-state index contributed by atoms with van der Waals surface area (Å²) in [6, 6.07) is 14.3. The highest BCUT2D eigenvalue weighted by Gasteiger charge is 2.28. The van der Waals surface area contributed by atoms with Crippen molar-refractivity contribution in [1.82, 2.24) is 9.78 Å². The first kappa shape index (κ1) is 16.3. The van der Waals surface area contributed by atoms with Gasteiger partial charge in [0.15, 0.2) is 5.96 Å². The molecule has 0 atom stereocenters. The quantitative estimate of drug-likeness (QED) is 0.562. The van der Waals surface area contributed by atoms with Crippen LogP contribution in [-0.2, 0) is 0 Å². The zero-order valence-electron chi connectivity index (χ0n) is 14.4. The zero-order valence-corrected chi connectivity index (χ0v) is 14.4. The maximum Gasteiger partial charge on any atom is 0.283 e. The van der Waals surface area contributed by atoms with Crippen molar-refractivity contribution >= 4 is 22.6 Å². The molecule has 1 saturated carbocycles. The molecule has 1 aromatic heterocycles. The van der Waals surface area contributed by atoms with Gasteiger partial charge in [-0.05, 0) is 24.3 Å². The van der Waals surface area contributed by atoms with E-state index in [2.05, 4.69) is 28.3 Å². The number of aliphatic imine (C=N–C) groups is 1. The largest absolute Gasteiger partial charge is 0.370 e. The molecule has 4 rings (SSSR count). The third-order valence-electron chi connectivity index (χ3n) is 5.00. The molecule has 1 aliphatic carbocycles. The van der Waals surface area contributed by atoms with Crippen molar-refractivity contribution < 1.29 is 4.79 Å². The van der Waals surface area contributed by atoms with Crippen LogP contribution in [0.25, 0.3) is 16.5 Å². The van der Waals surface area contributed by atoms with Gasteiger partial charge in [-0.15, -0.1) is 0 Å². The van der Waals surface area contributed by atoms with Crippen molar-refractivity contribution in [2.45, 2.75) is 31.6 Å². The summed E-state index contributed by atoms with van der Waals surface area (Å²) in [5.74, 6) is -0.381. The summed E-state index contributed by atoms with van der Waals surface area (Å²) in [6.45, 7) is 0. The highest BCUT2D eigenvalue weighted by molar-refractivity contribution is 6.03. The SMILES string of the molecule is NC(N)=NC(=O)c1cnn(-c2cccc3ccccc23)c1C1CCCC1. The highest BCUT2D eigenvalue weighted by atomic mass is 16.1. The summed E-state index contributed by atoms with van der Waals surface area (Å²) in [5.41, 5.74) is 13.2.